The van der Waals surface area contributed by atoms with Crippen LogP contribution in [-0.2, 0) is 9.59 Å². The van der Waals surface area contributed by atoms with Crippen molar-refractivity contribution >= 4 is 11.8 Å². The molecule has 29 heavy (non-hydrogen) atoms. The highest BCUT2D eigenvalue weighted by molar-refractivity contribution is 5.88. The molecule has 0 radical (unpaired) electrons. The van der Waals surface area contributed by atoms with Crippen molar-refractivity contribution in [3.8, 4) is 0 Å². The van der Waals surface area contributed by atoms with Gasteiger partial charge in [0.15, 0.2) is 0 Å². The van der Waals surface area contributed by atoms with Gasteiger partial charge in [-0.05, 0) is 43.4 Å². The fourth-order valence-electron chi connectivity index (χ4n) is 4.34. The van der Waals surface area contributed by atoms with Crippen LogP contribution in [0.15, 0.2) is 11.6 Å². The largest absolute Gasteiger partial charge is 0.342 e. The maximum Gasteiger partial charge on any atom is 0.226 e. The Kier molecular flexibility index (Phi) is 10.4. The summed E-state index contributed by atoms with van der Waals surface area (Å²) in [6.45, 7) is 22.4. The topological polar surface area (TPSA) is 40.6 Å². The standard InChI is InChI=1S/C25H46N2O2/c1-17(2)13-26(14-18(3)4)24(28)22-11-10-21(9)12-23(22)25(29)27(15-19(5)6)16-20(7)8/h10,17-20,22-23H,11-16H2,1-9H3. The predicted molar refractivity (Wildman–Crippen MR) is 122 cm³/mol. The van der Waals surface area contributed by atoms with Crippen LogP contribution in [0.5, 0.6) is 0 Å². The summed E-state index contributed by atoms with van der Waals surface area (Å²) in [5, 5.41) is 0. The maximum absolute atomic E-state index is 13.6. The van der Waals surface area contributed by atoms with Crippen LogP contribution >= 0.6 is 0 Å². The first-order chi connectivity index (χ1) is 13.4. The van der Waals surface area contributed by atoms with Gasteiger partial charge in [0.25, 0.3) is 0 Å². The molecule has 0 spiro atoms. The van der Waals surface area contributed by atoms with Gasteiger partial charge in [0.1, 0.15) is 0 Å². The van der Waals surface area contributed by atoms with Gasteiger partial charge >= 0.3 is 0 Å². The van der Waals surface area contributed by atoms with Crippen LogP contribution < -0.4 is 0 Å². The number of nitrogens with zero attached hydrogens (tertiary/aromatic N) is 2. The van der Waals surface area contributed by atoms with Crippen LogP contribution in [0.4, 0.5) is 0 Å². The summed E-state index contributed by atoms with van der Waals surface area (Å²) in [6, 6.07) is 0. The minimum atomic E-state index is -0.231. The molecule has 0 N–H and O–H groups in total. The zero-order valence-electron chi connectivity index (χ0n) is 20.5. The van der Waals surface area contributed by atoms with Crippen LogP contribution in [0.1, 0.15) is 75.2 Å². The zero-order chi connectivity index (χ0) is 22.3. The molecule has 0 saturated heterocycles. The first kappa shape index (κ1) is 25.7. The van der Waals surface area contributed by atoms with Crippen molar-refractivity contribution < 1.29 is 9.59 Å². The van der Waals surface area contributed by atoms with Crippen molar-refractivity contribution in [2.24, 2.45) is 35.5 Å². The fourth-order valence-corrected chi connectivity index (χ4v) is 4.34. The Bertz CT molecular complexity index is 543. The lowest BCUT2D eigenvalue weighted by Crippen LogP contribution is -2.49. The Morgan fingerprint density at radius 2 is 1.10 bits per heavy atom. The van der Waals surface area contributed by atoms with Crippen molar-refractivity contribution in [2.45, 2.75) is 75.2 Å². The molecule has 4 heteroatoms. The second-order valence-electron chi connectivity index (χ2n) is 10.8. The van der Waals surface area contributed by atoms with Gasteiger partial charge in [0.2, 0.25) is 11.8 Å². The minimum absolute atomic E-state index is 0.170. The second kappa shape index (κ2) is 11.8. The summed E-state index contributed by atoms with van der Waals surface area (Å²) >= 11 is 0. The van der Waals surface area contributed by atoms with Crippen molar-refractivity contribution in [1.29, 1.82) is 0 Å². The van der Waals surface area contributed by atoms with E-state index >= 15 is 0 Å². The van der Waals surface area contributed by atoms with Gasteiger partial charge in [-0.3, -0.25) is 9.59 Å². The first-order valence-electron chi connectivity index (χ1n) is 11.6. The lowest BCUT2D eigenvalue weighted by molar-refractivity contribution is -0.147. The monoisotopic (exact) mass is 406 g/mol. The van der Waals surface area contributed by atoms with E-state index in [4.69, 9.17) is 0 Å². The Balaban J connectivity index is 3.14. The third-order valence-corrected chi connectivity index (χ3v) is 5.35. The van der Waals surface area contributed by atoms with Crippen LogP contribution in [-0.4, -0.2) is 47.8 Å². The average molecular weight is 407 g/mol. The van der Waals surface area contributed by atoms with E-state index in [1.807, 2.05) is 9.80 Å². The third kappa shape index (κ3) is 8.52. The van der Waals surface area contributed by atoms with Gasteiger partial charge in [-0.25, -0.2) is 0 Å². The van der Waals surface area contributed by atoms with Gasteiger partial charge in [-0.1, -0.05) is 67.0 Å². The molecule has 1 rings (SSSR count). The van der Waals surface area contributed by atoms with Gasteiger partial charge in [0, 0.05) is 26.2 Å². The average Bonchev–Trinajstić information content (AvgIpc) is 2.57. The van der Waals surface area contributed by atoms with Crippen LogP contribution in [0.25, 0.3) is 0 Å². The molecule has 2 atom stereocenters. The molecule has 1 aliphatic carbocycles. The minimum Gasteiger partial charge on any atom is -0.342 e. The Labute approximate surface area is 180 Å². The molecule has 168 valence electrons. The molecular weight excluding hydrogens is 360 g/mol. The normalized spacial score (nSPS) is 19.8. The van der Waals surface area contributed by atoms with Gasteiger partial charge < -0.3 is 9.80 Å². The maximum atomic E-state index is 13.6. The van der Waals surface area contributed by atoms with Crippen molar-refractivity contribution in [2.75, 3.05) is 26.2 Å². The number of rotatable bonds is 10. The highest BCUT2D eigenvalue weighted by Gasteiger charge is 2.39. The SMILES string of the molecule is CC1=CCC(C(=O)N(CC(C)C)CC(C)C)C(C(=O)N(CC(C)C)CC(C)C)C1. The number of carbonyl (C=O) groups excluding carboxylic acids is 2. The van der Waals surface area contributed by atoms with E-state index in [1.165, 1.54) is 5.57 Å². The number of carbonyl (C=O) groups is 2. The van der Waals surface area contributed by atoms with Crippen molar-refractivity contribution in [1.82, 2.24) is 9.80 Å². The van der Waals surface area contributed by atoms with Crippen LogP contribution in [0.2, 0.25) is 0 Å². The molecule has 0 aliphatic heterocycles. The lowest BCUT2D eigenvalue weighted by Gasteiger charge is -2.38. The highest BCUT2D eigenvalue weighted by Crippen LogP contribution is 2.33. The molecule has 1 aliphatic rings. The quantitative estimate of drug-likeness (QED) is 0.466. The molecule has 0 heterocycles. The van der Waals surface area contributed by atoms with Crippen LogP contribution in [0, 0.1) is 35.5 Å². The summed E-state index contributed by atoms with van der Waals surface area (Å²) in [5.41, 5.74) is 1.24. The molecule has 0 fully saturated rings. The van der Waals surface area contributed by atoms with Crippen LogP contribution in [0.3, 0.4) is 0 Å². The molecule has 0 aromatic rings. The molecule has 2 unspecified atom stereocenters. The van der Waals surface area contributed by atoms with Gasteiger partial charge in [-0.15, -0.1) is 0 Å². The smallest absolute Gasteiger partial charge is 0.226 e. The molecule has 0 saturated carbocycles. The molecule has 0 bridgehead atoms. The van der Waals surface area contributed by atoms with E-state index in [0.717, 1.165) is 26.2 Å². The van der Waals surface area contributed by atoms with E-state index in [9.17, 15) is 9.59 Å². The number of amides is 2. The third-order valence-electron chi connectivity index (χ3n) is 5.35. The molecule has 0 aromatic carbocycles. The highest BCUT2D eigenvalue weighted by atomic mass is 16.2. The van der Waals surface area contributed by atoms with E-state index in [1.54, 1.807) is 0 Å². The summed E-state index contributed by atoms with van der Waals surface area (Å²) in [5.74, 6) is 1.57. The number of hydrogen-bond acceptors (Lipinski definition) is 2. The predicted octanol–water partition coefficient (Wildman–Crippen LogP) is 5.24. The summed E-state index contributed by atoms with van der Waals surface area (Å²) < 4.78 is 0. The number of hydrogen-bond donors (Lipinski definition) is 0. The first-order valence-corrected chi connectivity index (χ1v) is 11.6. The lowest BCUT2D eigenvalue weighted by atomic mass is 9.77. The molecule has 4 nitrogen and oxygen atoms in total. The van der Waals surface area contributed by atoms with E-state index in [2.05, 4.69) is 68.4 Å². The van der Waals surface area contributed by atoms with Gasteiger partial charge in [0.05, 0.1) is 11.8 Å². The summed E-state index contributed by atoms with van der Waals surface area (Å²) in [7, 11) is 0. The van der Waals surface area contributed by atoms with Crippen molar-refractivity contribution in [3.05, 3.63) is 11.6 Å². The second-order valence-corrected chi connectivity index (χ2v) is 10.8. The van der Waals surface area contributed by atoms with E-state index in [-0.39, 0.29) is 23.7 Å². The van der Waals surface area contributed by atoms with Crippen molar-refractivity contribution in [3.63, 3.8) is 0 Å². The molecule has 2 amide bonds. The summed E-state index contributed by atoms with van der Waals surface area (Å²) in [6.07, 6.45) is 3.56. The molecular formula is C25H46N2O2. The Morgan fingerprint density at radius 1 is 0.759 bits per heavy atom. The van der Waals surface area contributed by atoms with E-state index < -0.39 is 0 Å². The fraction of sp³-hybridized carbons (Fsp3) is 0.840. The van der Waals surface area contributed by atoms with E-state index in [0.29, 0.717) is 36.5 Å². The molecule has 0 aromatic heterocycles. The number of allylic oxidation sites excluding steroid dienone is 2. The summed E-state index contributed by atoms with van der Waals surface area (Å²) in [4.78, 5) is 31.2. The zero-order valence-corrected chi connectivity index (χ0v) is 20.5. The Hall–Kier alpha value is -1.32. The van der Waals surface area contributed by atoms with Gasteiger partial charge in [-0.2, -0.15) is 0 Å². The Morgan fingerprint density at radius 3 is 1.45 bits per heavy atom.